The van der Waals surface area contributed by atoms with Crippen molar-refractivity contribution in [3.8, 4) is 0 Å². The van der Waals surface area contributed by atoms with Crippen LogP contribution in [0.4, 0.5) is 0 Å². The van der Waals surface area contributed by atoms with E-state index >= 15 is 0 Å². The van der Waals surface area contributed by atoms with Gasteiger partial charge in [0, 0.05) is 0 Å². The van der Waals surface area contributed by atoms with E-state index in [4.69, 9.17) is 5.11 Å². The average molecular weight is 288 g/mol. The van der Waals surface area contributed by atoms with Gasteiger partial charge in [0.25, 0.3) is 0 Å². The third-order valence-corrected chi connectivity index (χ3v) is 4.26. The average Bonchev–Trinajstić information content (AvgIpc) is 2.33. The highest BCUT2D eigenvalue weighted by Crippen LogP contribution is 2.30. The van der Waals surface area contributed by atoms with E-state index in [9.17, 15) is 9.59 Å². The van der Waals surface area contributed by atoms with Gasteiger partial charge >= 0.3 is 5.97 Å². The van der Waals surface area contributed by atoms with Crippen LogP contribution in [-0.4, -0.2) is 47.6 Å². The second-order valence-corrected chi connectivity index (χ2v) is 6.65. The maximum absolute atomic E-state index is 12.2. The fourth-order valence-corrected chi connectivity index (χ4v) is 2.88. The second-order valence-electron chi connectivity index (χ2n) is 5.66. The Bertz CT molecular complexity index is 334. The van der Waals surface area contributed by atoms with Crippen LogP contribution in [0.1, 0.15) is 33.1 Å². The molecule has 0 spiro atoms. The summed E-state index contributed by atoms with van der Waals surface area (Å²) in [4.78, 5) is 23.4. The third kappa shape index (κ3) is 4.69. The Kier molecular flexibility index (Phi) is 6.13. The third-order valence-electron chi connectivity index (χ3n) is 3.62. The minimum atomic E-state index is -0.962. The molecule has 0 aromatic heterocycles. The lowest BCUT2D eigenvalue weighted by Gasteiger charge is -2.38. The zero-order valence-electron chi connectivity index (χ0n) is 11.9. The first-order chi connectivity index (χ1) is 8.88. The molecule has 1 amide bonds. The SMILES string of the molecule is CSCC[C@H](NC(=O)C1NCCCC1(C)C)C(=O)O. The van der Waals surface area contributed by atoms with Gasteiger partial charge in [0.15, 0.2) is 0 Å². The van der Waals surface area contributed by atoms with Gasteiger partial charge in [-0.15, -0.1) is 0 Å². The first kappa shape index (κ1) is 16.3. The summed E-state index contributed by atoms with van der Waals surface area (Å²) in [7, 11) is 0. The van der Waals surface area contributed by atoms with E-state index in [2.05, 4.69) is 10.6 Å². The van der Waals surface area contributed by atoms with Gasteiger partial charge in [-0.3, -0.25) is 4.79 Å². The van der Waals surface area contributed by atoms with E-state index in [1.54, 1.807) is 11.8 Å². The number of aliphatic carboxylic acids is 1. The van der Waals surface area contributed by atoms with Crippen LogP contribution in [0.2, 0.25) is 0 Å². The second kappa shape index (κ2) is 7.14. The van der Waals surface area contributed by atoms with Crippen LogP contribution in [0.15, 0.2) is 0 Å². The van der Waals surface area contributed by atoms with E-state index in [0.717, 1.165) is 25.1 Å². The molecule has 1 fully saturated rings. The summed E-state index contributed by atoms with van der Waals surface area (Å²) in [5.41, 5.74) is -0.134. The maximum atomic E-state index is 12.2. The van der Waals surface area contributed by atoms with Gasteiger partial charge in [-0.2, -0.15) is 11.8 Å². The molecule has 19 heavy (non-hydrogen) atoms. The predicted molar refractivity (Wildman–Crippen MR) is 77.4 cm³/mol. The number of carbonyl (C=O) groups is 2. The quantitative estimate of drug-likeness (QED) is 0.682. The van der Waals surface area contributed by atoms with Crippen LogP contribution in [0.25, 0.3) is 0 Å². The van der Waals surface area contributed by atoms with Crippen LogP contribution >= 0.6 is 11.8 Å². The van der Waals surface area contributed by atoms with Crippen molar-refractivity contribution < 1.29 is 14.7 Å². The number of rotatable bonds is 6. The van der Waals surface area contributed by atoms with E-state index < -0.39 is 12.0 Å². The van der Waals surface area contributed by atoms with Crippen molar-refractivity contribution in [1.29, 1.82) is 0 Å². The fourth-order valence-electron chi connectivity index (χ4n) is 2.41. The van der Waals surface area contributed by atoms with Crippen LogP contribution in [0.3, 0.4) is 0 Å². The minimum Gasteiger partial charge on any atom is -0.480 e. The Labute approximate surface area is 118 Å². The highest BCUT2D eigenvalue weighted by Gasteiger charge is 2.38. The normalized spacial score (nSPS) is 23.6. The molecular formula is C13H24N2O3S. The van der Waals surface area contributed by atoms with Crippen molar-refractivity contribution in [2.75, 3.05) is 18.6 Å². The molecule has 1 saturated heterocycles. The first-order valence-corrected chi connectivity index (χ1v) is 8.03. The van der Waals surface area contributed by atoms with E-state index in [1.807, 2.05) is 20.1 Å². The van der Waals surface area contributed by atoms with Gasteiger partial charge in [-0.25, -0.2) is 4.79 Å². The number of carboxylic acid groups (broad SMARTS) is 1. The number of carboxylic acids is 1. The number of carbonyl (C=O) groups excluding carboxylic acids is 1. The summed E-state index contributed by atoms with van der Waals surface area (Å²) in [5.74, 6) is -0.437. The largest absolute Gasteiger partial charge is 0.480 e. The van der Waals surface area contributed by atoms with Gasteiger partial charge < -0.3 is 15.7 Å². The Balaban J connectivity index is 2.62. The zero-order valence-corrected chi connectivity index (χ0v) is 12.7. The molecule has 6 heteroatoms. The topological polar surface area (TPSA) is 78.4 Å². The molecule has 1 heterocycles. The molecule has 1 unspecified atom stereocenters. The molecule has 0 saturated carbocycles. The zero-order chi connectivity index (χ0) is 14.5. The number of hydrogen-bond acceptors (Lipinski definition) is 4. The number of amides is 1. The van der Waals surface area contributed by atoms with E-state index in [-0.39, 0.29) is 17.4 Å². The molecule has 2 atom stereocenters. The molecule has 0 aliphatic carbocycles. The first-order valence-electron chi connectivity index (χ1n) is 6.64. The summed E-state index contributed by atoms with van der Waals surface area (Å²) in [5, 5.41) is 15.0. The van der Waals surface area contributed by atoms with Crippen molar-refractivity contribution in [2.24, 2.45) is 5.41 Å². The van der Waals surface area contributed by atoms with Crippen molar-refractivity contribution in [3.63, 3.8) is 0 Å². The summed E-state index contributed by atoms with van der Waals surface area (Å²) in [6.45, 7) is 4.90. The molecule has 0 aromatic rings. The number of hydrogen-bond donors (Lipinski definition) is 3. The van der Waals surface area contributed by atoms with Gasteiger partial charge in [0.2, 0.25) is 5.91 Å². The fraction of sp³-hybridized carbons (Fsp3) is 0.846. The van der Waals surface area contributed by atoms with Crippen molar-refractivity contribution in [2.45, 2.75) is 45.2 Å². The molecular weight excluding hydrogens is 264 g/mol. The molecule has 3 N–H and O–H groups in total. The lowest BCUT2D eigenvalue weighted by atomic mass is 9.77. The van der Waals surface area contributed by atoms with Crippen LogP contribution in [0.5, 0.6) is 0 Å². The lowest BCUT2D eigenvalue weighted by Crippen LogP contribution is -2.58. The molecule has 1 aliphatic rings. The summed E-state index contributed by atoms with van der Waals surface area (Å²) >= 11 is 1.58. The summed E-state index contributed by atoms with van der Waals surface area (Å²) < 4.78 is 0. The van der Waals surface area contributed by atoms with Crippen molar-refractivity contribution in [3.05, 3.63) is 0 Å². The van der Waals surface area contributed by atoms with Gasteiger partial charge in [-0.05, 0) is 43.2 Å². The Morgan fingerprint density at radius 3 is 2.74 bits per heavy atom. The molecule has 5 nitrogen and oxygen atoms in total. The maximum Gasteiger partial charge on any atom is 0.326 e. The van der Waals surface area contributed by atoms with Gasteiger partial charge in [-0.1, -0.05) is 13.8 Å². The number of thioether (sulfide) groups is 1. The van der Waals surface area contributed by atoms with Gasteiger partial charge in [0.05, 0.1) is 6.04 Å². The molecule has 0 bridgehead atoms. The van der Waals surface area contributed by atoms with Crippen LogP contribution in [0, 0.1) is 5.41 Å². The molecule has 1 rings (SSSR count). The highest BCUT2D eigenvalue weighted by molar-refractivity contribution is 7.98. The van der Waals surface area contributed by atoms with Gasteiger partial charge in [0.1, 0.15) is 6.04 Å². The Morgan fingerprint density at radius 2 is 2.21 bits per heavy atom. The predicted octanol–water partition coefficient (Wildman–Crippen LogP) is 1.09. The standard InChI is InChI=1S/C13H24N2O3S/c1-13(2)6-4-7-14-10(13)11(16)15-9(12(17)18)5-8-19-3/h9-10,14H,4-8H2,1-3H3,(H,15,16)(H,17,18)/t9-,10?/m0/s1. The monoisotopic (exact) mass is 288 g/mol. The summed E-state index contributed by atoms with van der Waals surface area (Å²) in [6, 6.07) is -1.10. The molecule has 1 aliphatic heterocycles. The lowest BCUT2D eigenvalue weighted by molar-refractivity contribution is -0.142. The Morgan fingerprint density at radius 1 is 1.53 bits per heavy atom. The van der Waals surface area contributed by atoms with Crippen LogP contribution in [-0.2, 0) is 9.59 Å². The van der Waals surface area contributed by atoms with E-state index in [1.165, 1.54) is 0 Å². The van der Waals surface area contributed by atoms with Crippen molar-refractivity contribution in [1.82, 2.24) is 10.6 Å². The smallest absolute Gasteiger partial charge is 0.326 e. The minimum absolute atomic E-state index is 0.134. The van der Waals surface area contributed by atoms with Crippen LogP contribution < -0.4 is 10.6 Å². The number of nitrogens with one attached hydrogen (secondary N) is 2. The van der Waals surface area contributed by atoms with E-state index in [0.29, 0.717) is 6.42 Å². The summed E-state index contributed by atoms with van der Waals surface area (Å²) in [6.07, 6.45) is 4.40. The Hall–Kier alpha value is -0.750. The number of piperidine rings is 1. The van der Waals surface area contributed by atoms with Crippen molar-refractivity contribution >= 4 is 23.6 Å². The molecule has 110 valence electrons. The highest BCUT2D eigenvalue weighted by atomic mass is 32.2. The molecule has 0 radical (unpaired) electrons. The molecule has 0 aromatic carbocycles.